The van der Waals surface area contributed by atoms with Crippen molar-refractivity contribution in [3.8, 4) is 17.0 Å². The zero-order valence-electron chi connectivity index (χ0n) is 30.2. The molecule has 3 heterocycles. The number of hydrogen-bond acceptors (Lipinski definition) is 9. The van der Waals surface area contributed by atoms with Crippen LogP contribution >= 0.6 is 22.6 Å². The topological polar surface area (TPSA) is 173 Å². The number of alkyl carbamates (subject to hydrolysis) is 1. The molecule has 3 N–H and O–H groups in total. The summed E-state index contributed by atoms with van der Waals surface area (Å²) in [5.74, 6) is -1.99. The van der Waals surface area contributed by atoms with Crippen LogP contribution in [-0.4, -0.2) is 88.7 Å². The van der Waals surface area contributed by atoms with Gasteiger partial charge >= 0.3 is 6.09 Å². The summed E-state index contributed by atoms with van der Waals surface area (Å²) >= 11 is 1.90. The molecule has 1 aromatic heterocycles. The number of carbonyl (C=O) groups excluding carboxylic acids is 4. The molecule has 4 amide bonds. The summed E-state index contributed by atoms with van der Waals surface area (Å²) in [6.07, 6.45) is 4.04. The van der Waals surface area contributed by atoms with Gasteiger partial charge < -0.3 is 25.0 Å². The van der Waals surface area contributed by atoms with Crippen molar-refractivity contribution in [2.75, 3.05) is 13.2 Å². The highest BCUT2D eigenvalue weighted by Gasteiger charge is 2.46. The number of hydrogen-bond donors (Lipinski definition) is 3. The first-order valence-electron chi connectivity index (χ1n) is 18.2. The number of alkyl halides is 1. The lowest BCUT2D eigenvalue weighted by Gasteiger charge is -2.31. The molecule has 2 aliphatic heterocycles. The lowest BCUT2D eigenvalue weighted by Crippen LogP contribution is -2.59. The van der Waals surface area contributed by atoms with Crippen LogP contribution in [0.15, 0.2) is 55.1 Å². The quantitative estimate of drug-likeness (QED) is 0.160. The average molecular weight is 870 g/mol. The number of amides is 4. The summed E-state index contributed by atoms with van der Waals surface area (Å²) in [7, 11) is -3.91. The van der Waals surface area contributed by atoms with Crippen molar-refractivity contribution in [2.45, 2.75) is 92.2 Å². The summed E-state index contributed by atoms with van der Waals surface area (Å²) < 4.78 is 38.9. The summed E-state index contributed by atoms with van der Waals surface area (Å²) in [4.78, 5) is 61.1. The third-order valence-corrected chi connectivity index (χ3v) is 12.8. The molecule has 13 nitrogen and oxygen atoms in total. The summed E-state index contributed by atoms with van der Waals surface area (Å²) in [6.45, 7) is 7.45. The predicted molar refractivity (Wildman–Crippen MR) is 210 cm³/mol. The van der Waals surface area contributed by atoms with Gasteiger partial charge in [0, 0.05) is 17.9 Å². The Balaban J connectivity index is 1.36. The molecule has 6 rings (SSSR count). The third kappa shape index (κ3) is 9.26. The van der Waals surface area contributed by atoms with Crippen molar-refractivity contribution >= 4 is 67.3 Å². The third-order valence-electron chi connectivity index (χ3n) is 9.78. The van der Waals surface area contributed by atoms with E-state index < -0.39 is 67.2 Å². The van der Waals surface area contributed by atoms with Crippen molar-refractivity contribution in [2.24, 2.45) is 5.92 Å². The van der Waals surface area contributed by atoms with Crippen LogP contribution in [0, 0.1) is 18.1 Å². The van der Waals surface area contributed by atoms with Gasteiger partial charge in [0.15, 0.2) is 0 Å². The average Bonchev–Trinajstić information content (AvgIpc) is 3.94. The van der Waals surface area contributed by atoms with E-state index in [1.54, 1.807) is 19.9 Å². The standard InChI is InChI=1S/C39H44IN5O8S/c1-4-29(40)35(37(47)44-54(50,51)27-15-16-27)42-36(46)32-20-26-22-45(32)38(48)34(23(2)3)43-39(49)52-18-10-6-7-11-24-14-17-30-28(19-24)33(53-26)21-31(41-30)25-12-8-5-9-13-25/h4-5,8,12,14,17,19,21,23,26-27,29,32,34-35H,1,6-7,10-11,15-16,18,20,22H2,2-3H3,(H,42,46)(H,43,49)(H,44,47)/t26-,29+,32+,34+,35?/m1/s1. The van der Waals surface area contributed by atoms with E-state index in [1.165, 1.54) is 11.0 Å². The minimum absolute atomic E-state index is 0.0248. The molecule has 54 heavy (non-hydrogen) atoms. The number of rotatable bonds is 9. The number of fused-ring (bicyclic) bond motifs is 3. The molecule has 2 aromatic carbocycles. The zero-order valence-corrected chi connectivity index (χ0v) is 33.2. The van der Waals surface area contributed by atoms with Gasteiger partial charge in [-0.2, -0.15) is 0 Å². The Morgan fingerprint density at radius 1 is 1.15 bits per heavy atom. The van der Waals surface area contributed by atoms with Gasteiger partial charge in [0.2, 0.25) is 21.8 Å². The maximum atomic E-state index is 14.4. The molecule has 1 saturated carbocycles. The van der Waals surface area contributed by atoms with Crippen LogP contribution in [0.1, 0.15) is 57.9 Å². The molecule has 3 aliphatic rings. The van der Waals surface area contributed by atoms with Crippen molar-refractivity contribution in [3.05, 3.63) is 72.8 Å². The highest BCUT2D eigenvalue weighted by Crippen LogP contribution is 2.34. The molecular formula is C39H44IN5O8S. The lowest BCUT2D eigenvalue weighted by atomic mass is 10.0. The van der Waals surface area contributed by atoms with Gasteiger partial charge in [-0.15, -0.1) is 6.58 Å². The van der Waals surface area contributed by atoms with Crippen LogP contribution in [-0.2, 0) is 35.6 Å². The second-order valence-electron chi connectivity index (χ2n) is 14.2. The Bertz CT molecular complexity index is 2010. The molecule has 3 aromatic rings. The van der Waals surface area contributed by atoms with Crippen molar-refractivity contribution in [1.82, 2.24) is 25.2 Å². The molecule has 286 valence electrons. The predicted octanol–water partition coefficient (Wildman–Crippen LogP) is 4.41. The van der Waals surface area contributed by atoms with E-state index in [9.17, 15) is 27.6 Å². The SMILES string of the molecule is C=C[C@H](I)C(NC(=O)[C@@H]1C[C@@H]2CN1C(=O)[C@H](C(C)C)NC(=O)OCCCCCc1ccc3nc(-c4c#cccc4)cc(c3c1)O2)C(=O)NS(=O)(=O)C1CC1. The number of aryl methyl sites for hydroxylation is 1. The number of nitrogens with zero attached hydrogens (tertiary/aromatic N) is 2. The fourth-order valence-corrected chi connectivity index (χ4v) is 8.50. The van der Waals surface area contributed by atoms with E-state index >= 15 is 0 Å². The smallest absolute Gasteiger partial charge is 0.407 e. The zero-order chi connectivity index (χ0) is 38.6. The van der Waals surface area contributed by atoms with Gasteiger partial charge in [0.1, 0.15) is 30.0 Å². The minimum atomic E-state index is -3.91. The Hall–Kier alpha value is -4.43. The van der Waals surface area contributed by atoms with Crippen molar-refractivity contribution < 1.29 is 37.1 Å². The number of cyclic esters (lactones) is 1. The fraction of sp³-hybridized carbons (Fsp3) is 0.462. The highest BCUT2D eigenvalue weighted by atomic mass is 127. The van der Waals surface area contributed by atoms with Gasteiger partial charge in [-0.3, -0.25) is 19.1 Å². The second-order valence-corrected chi connectivity index (χ2v) is 17.6. The molecule has 2 fully saturated rings. The van der Waals surface area contributed by atoms with Crippen LogP contribution in [0.5, 0.6) is 5.75 Å². The minimum Gasteiger partial charge on any atom is -0.488 e. The van der Waals surface area contributed by atoms with Crippen molar-refractivity contribution in [1.29, 1.82) is 0 Å². The van der Waals surface area contributed by atoms with Crippen LogP contribution < -0.4 is 20.1 Å². The summed E-state index contributed by atoms with van der Waals surface area (Å²) in [6, 6.07) is 15.9. The van der Waals surface area contributed by atoms with E-state index in [0.717, 1.165) is 30.2 Å². The van der Waals surface area contributed by atoms with Gasteiger partial charge in [-0.25, -0.2) is 18.2 Å². The number of pyridine rings is 1. The number of ether oxygens (including phenoxy) is 2. The normalized spacial score (nSPS) is 22.1. The Morgan fingerprint density at radius 2 is 1.94 bits per heavy atom. The van der Waals surface area contributed by atoms with Crippen LogP contribution in [0.25, 0.3) is 22.2 Å². The number of sulfonamides is 1. The van der Waals surface area contributed by atoms with Gasteiger partial charge in [-0.05, 0) is 74.3 Å². The first-order chi connectivity index (χ1) is 25.8. The molecule has 0 spiro atoms. The van der Waals surface area contributed by atoms with Gasteiger partial charge in [-0.1, -0.05) is 66.8 Å². The van der Waals surface area contributed by atoms with Crippen LogP contribution in [0.4, 0.5) is 4.79 Å². The van der Waals surface area contributed by atoms with Crippen LogP contribution in [0.2, 0.25) is 0 Å². The molecule has 1 aliphatic carbocycles. The molecule has 1 unspecified atom stereocenters. The fourth-order valence-electron chi connectivity index (χ4n) is 6.66. The summed E-state index contributed by atoms with van der Waals surface area (Å²) in [5.41, 5.74) is 3.09. The molecule has 15 heteroatoms. The number of nitrogens with one attached hydrogen (secondary N) is 3. The second kappa shape index (κ2) is 16.9. The first-order valence-corrected chi connectivity index (χ1v) is 21.0. The number of aromatic nitrogens is 1. The molecule has 1 saturated heterocycles. The Kier molecular flexibility index (Phi) is 12.3. The Morgan fingerprint density at radius 3 is 2.65 bits per heavy atom. The summed E-state index contributed by atoms with van der Waals surface area (Å²) in [5, 5.41) is 5.53. The highest BCUT2D eigenvalue weighted by molar-refractivity contribution is 14.1. The van der Waals surface area contributed by atoms with E-state index in [0.29, 0.717) is 41.8 Å². The number of benzene rings is 1. The number of carbonyl (C=O) groups is 4. The molecule has 4 bridgehead atoms. The number of halogens is 1. The largest absolute Gasteiger partial charge is 0.488 e. The molecule has 0 radical (unpaired) electrons. The van der Waals surface area contributed by atoms with Crippen LogP contribution in [0.3, 0.4) is 0 Å². The molecule has 5 atom stereocenters. The lowest BCUT2D eigenvalue weighted by molar-refractivity contribution is -0.141. The van der Waals surface area contributed by atoms with Gasteiger partial charge in [0.05, 0.1) is 39.1 Å². The van der Waals surface area contributed by atoms with Crippen molar-refractivity contribution in [3.63, 3.8) is 0 Å². The van der Waals surface area contributed by atoms with E-state index in [-0.39, 0.29) is 25.5 Å². The van der Waals surface area contributed by atoms with E-state index in [1.807, 2.05) is 59.0 Å². The monoisotopic (exact) mass is 869 g/mol. The Labute approximate surface area is 329 Å². The molecular weight excluding hydrogens is 825 g/mol. The maximum Gasteiger partial charge on any atom is 0.407 e. The van der Waals surface area contributed by atoms with E-state index in [4.69, 9.17) is 14.5 Å². The van der Waals surface area contributed by atoms with E-state index in [2.05, 4.69) is 34.1 Å². The maximum absolute atomic E-state index is 14.4. The first kappa shape index (κ1) is 39.3. The van der Waals surface area contributed by atoms with Gasteiger partial charge in [0.25, 0.3) is 5.91 Å².